The third kappa shape index (κ3) is 4.79. The summed E-state index contributed by atoms with van der Waals surface area (Å²) in [4.78, 5) is 1.48. The third-order valence-corrected chi connectivity index (χ3v) is 6.74. The second-order valence-electron chi connectivity index (χ2n) is 7.08. The van der Waals surface area contributed by atoms with E-state index in [-0.39, 0.29) is 11.3 Å². The van der Waals surface area contributed by atoms with E-state index >= 15 is 0 Å². The monoisotopic (exact) mass is 378 g/mol. The summed E-state index contributed by atoms with van der Waals surface area (Å²) in [6.45, 7) is 4.31. The summed E-state index contributed by atoms with van der Waals surface area (Å²) in [6.07, 6.45) is 5.26. The Morgan fingerprint density at radius 2 is 1.85 bits per heavy atom. The summed E-state index contributed by atoms with van der Waals surface area (Å²) in [5.74, 6) is 0.562. The maximum Gasteiger partial charge on any atom is 0.214 e. The second kappa shape index (κ2) is 8.13. The van der Waals surface area contributed by atoms with Crippen LogP contribution in [0.4, 0.5) is 5.69 Å². The molecule has 1 fully saturated rings. The molecule has 0 unspecified atom stereocenters. The molecule has 0 saturated heterocycles. The van der Waals surface area contributed by atoms with Gasteiger partial charge in [-0.15, -0.1) is 15.0 Å². The Balaban J connectivity index is 1.44. The molecule has 0 spiro atoms. The van der Waals surface area contributed by atoms with Crippen LogP contribution in [0.1, 0.15) is 39.5 Å². The van der Waals surface area contributed by atoms with Crippen molar-refractivity contribution in [2.45, 2.75) is 50.8 Å². The number of anilines is 1. The predicted octanol–water partition coefficient (Wildman–Crippen LogP) is 1.96. The minimum atomic E-state index is -3.18. The molecule has 0 atom stereocenters. The zero-order valence-corrected chi connectivity index (χ0v) is 16.0. The van der Waals surface area contributed by atoms with Gasteiger partial charge in [-0.1, -0.05) is 0 Å². The molecular weight excluding hydrogens is 352 g/mol. The molecule has 0 bridgehead atoms. The van der Waals surface area contributed by atoms with E-state index in [1.54, 1.807) is 13.8 Å². The molecule has 3 rings (SSSR count). The van der Waals surface area contributed by atoms with Crippen LogP contribution in [0.3, 0.4) is 0 Å². The first-order chi connectivity index (χ1) is 12.4. The molecule has 1 saturated carbocycles. The number of tetrazole rings is 1. The van der Waals surface area contributed by atoms with E-state index in [1.807, 2.05) is 24.3 Å². The van der Waals surface area contributed by atoms with Crippen molar-refractivity contribution in [3.63, 3.8) is 0 Å². The molecule has 1 aliphatic carbocycles. The van der Waals surface area contributed by atoms with Gasteiger partial charge in [-0.05, 0) is 74.9 Å². The average Bonchev–Trinajstić information content (AvgIpc) is 3.16. The van der Waals surface area contributed by atoms with Crippen molar-refractivity contribution < 1.29 is 8.42 Å². The molecule has 26 heavy (non-hydrogen) atoms. The molecule has 1 aromatic heterocycles. The molecule has 0 amide bonds. The van der Waals surface area contributed by atoms with Crippen LogP contribution in [0.2, 0.25) is 0 Å². The maximum absolute atomic E-state index is 12.0. The first kappa shape index (κ1) is 18.8. The molecular formula is C17H26N6O2S. The summed E-state index contributed by atoms with van der Waals surface area (Å²) in [6, 6.07) is 7.97. The van der Waals surface area contributed by atoms with Crippen LogP contribution < -0.4 is 10.0 Å². The van der Waals surface area contributed by atoms with Gasteiger partial charge in [0.05, 0.1) is 10.9 Å². The van der Waals surface area contributed by atoms with Crippen LogP contribution in [0.25, 0.3) is 5.69 Å². The quantitative estimate of drug-likeness (QED) is 0.764. The smallest absolute Gasteiger partial charge is 0.214 e. The lowest BCUT2D eigenvalue weighted by molar-refractivity contribution is 0.323. The van der Waals surface area contributed by atoms with E-state index in [1.165, 1.54) is 11.1 Å². The average molecular weight is 379 g/mol. The standard InChI is InChI=1S/C17H26N6O2S/c1-13(2)26(24,25)21-16-5-3-14(4-6-16)11-18-15-7-9-17(10-8-15)23-20-12-19-22-23/h7-10,12-14,16,18,21H,3-6,11H2,1-2H3. The van der Waals surface area contributed by atoms with Gasteiger partial charge in [-0.3, -0.25) is 0 Å². The van der Waals surface area contributed by atoms with Crippen LogP contribution in [-0.4, -0.2) is 46.5 Å². The summed E-state index contributed by atoms with van der Waals surface area (Å²) in [5, 5.41) is 14.7. The fourth-order valence-electron chi connectivity index (χ4n) is 3.11. The van der Waals surface area contributed by atoms with Crippen molar-refractivity contribution >= 4 is 15.7 Å². The number of rotatable bonds is 7. The SMILES string of the molecule is CC(C)S(=O)(=O)NC1CCC(CNc2ccc(-n3ncnn3)cc2)CC1. The normalized spacial score (nSPS) is 21.0. The fourth-order valence-corrected chi connectivity index (χ4v) is 4.09. The third-order valence-electron chi connectivity index (χ3n) is 4.84. The van der Waals surface area contributed by atoms with Crippen molar-refractivity contribution in [1.82, 2.24) is 24.9 Å². The number of benzene rings is 1. The number of sulfonamides is 1. The van der Waals surface area contributed by atoms with Crippen LogP contribution in [-0.2, 0) is 10.0 Å². The summed E-state index contributed by atoms with van der Waals surface area (Å²) < 4.78 is 26.8. The number of hydrogen-bond donors (Lipinski definition) is 2. The fraction of sp³-hybridized carbons (Fsp3) is 0.588. The number of aromatic nitrogens is 4. The zero-order valence-electron chi connectivity index (χ0n) is 15.2. The number of nitrogens with zero attached hydrogens (tertiary/aromatic N) is 4. The summed E-state index contributed by atoms with van der Waals surface area (Å²) >= 11 is 0. The highest BCUT2D eigenvalue weighted by Gasteiger charge is 2.26. The summed E-state index contributed by atoms with van der Waals surface area (Å²) in [7, 11) is -3.18. The molecule has 0 radical (unpaired) electrons. The molecule has 1 aromatic carbocycles. The Hall–Kier alpha value is -2.00. The molecule has 142 valence electrons. The highest BCUT2D eigenvalue weighted by atomic mass is 32.2. The Morgan fingerprint density at radius 1 is 1.15 bits per heavy atom. The topological polar surface area (TPSA) is 102 Å². The highest BCUT2D eigenvalue weighted by molar-refractivity contribution is 7.90. The Kier molecular flexibility index (Phi) is 5.87. The van der Waals surface area contributed by atoms with Gasteiger partial charge >= 0.3 is 0 Å². The molecule has 8 nitrogen and oxygen atoms in total. The lowest BCUT2D eigenvalue weighted by Crippen LogP contribution is -2.41. The Morgan fingerprint density at radius 3 is 2.42 bits per heavy atom. The van der Waals surface area contributed by atoms with Crippen molar-refractivity contribution in [3.05, 3.63) is 30.6 Å². The first-order valence-electron chi connectivity index (χ1n) is 9.02. The molecule has 2 aromatic rings. The summed E-state index contributed by atoms with van der Waals surface area (Å²) in [5.41, 5.74) is 1.92. The Labute approximate surface area is 154 Å². The van der Waals surface area contributed by atoms with Crippen molar-refractivity contribution in [2.24, 2.45) is 5.92 Å². The van der Waals surface area contributed by atoms with E-state index in [4.69, 9.17) is 0 Å². The van der Waals surface area contributed by atoms with Gasteiger partial charge in [0.25, 0.3) is 0 Å². The van der Waals surface area contributed by atoms with E-state index < -0.39 is 10.0 Å². The van der Waals surface area contributed by atoms with Crippen LogP contribution in [0.15, 0.2) is 30.6 Å². The zero-order chi connectivity index (χ0) is 18.6. The van der Waals surface area contributed by atoms with Gasteiger partial charge in [0.1, 0.15) is 0 Å². The molecule has 2 N–H and O–H groups in total. The minimum absolute atomic E-state index is 0.0770. The van der Waals surface area contributed by atoms with Crippen LogP contribution >= 0.6 is 0 Å². The van der Waals surface area contributed by atoms with Crippen LogP contribution in [0, 0.1) is 5.92 Å². The van der Waals surface area contributed by atoms with E-state index in [0.717, 1.165) is 43.6 Å². The van der Waals surface area contributed by atoms with E-state index in [9.17, 15) is 8.42 Å². The van der Waals surface area contributed by atoms with E-state index in [2.05, 4.69) is 25.4 Å². The maximum atomic E-state index is 12.0. The van der Waals surface area contributed by atoms with E-state index in [0.29, 0.717) is 5.92 Å². The lowest BCUT2D eigenvalue weighted by atomic mass is 9.86. The van der Waals surface area contributed by atoms with Crippen molar-refractivity contribution in [3.8, 4) is 5.69 Å². The van der Waals surface area contributed by atoms with Gasteiger partial charge < -0.3 is 5.32 Å². The number of hydrogen-bond acceptors (Lipinski definition) is 6. The minimum Gasteiger partial charge on any atom is -0.385 e. The van der Waals surface area contributed by atoms with Gasteiger partial charge in [0, 0.05) is 18.3 Å². The second-order valence-corrected chi connectivity index (χ2v) is 9.35. The van der Waals surface area contributed by atoms with Gasteiger partial charge in [0.15, 0.2) is 6.33 Å². The predicted molar refractivity (Wildman–Crippen MR) is 101 cm³/mol. The van der Waals surface area contributed by atoms with Crippen LogP contribution in [0.5, 0.6) is 0 Å². The largest absolute Gasteiger partial charge is 0.385 e. The van der Waals surface area contributed by atoms with Gasteiger partial charge in [0.2, 0.25) is 10.0 Å². The number of nitrogens with one attached hydrogen (secondary N) is 2. The molecule has 0 aliphatic heterocycles. The molecule has 1 aliphatic rings. The Bertz CT molecular complexity index is 781. The lowest BCUT2D eigenvalue weighted by Gasteiger charge is -2.29. The first-order valence-corrected chi connectivity index (χ1v) is 10.6. The van der Waals surface area contributed by atoms with Crippen molar-refractivity contribution in [2.75, 3.05) is 11.9 Å². The van der Waals surface area contributed by atoms with Gasteiger partial charge in [-0.2, -0.15) is 0 Å². The molecule has 9 heteroatoms. The van der Waals surface area contributed by atoms with Crippen molar-refractivity contribution in [1.29, 1.82) is 0 Å². The highest BCUT2D eigenvalue weighted by Crippen LogP contribution is 2.25. The molecule has 1 heterocycles. The van der Waals surface area contributed by atoms with Gasteiger partial charge in [-0.25, -0.2) is 13.1 Å².